The van der Waals surface area contributed by atoms with Crippen LogP contribution in [0.3, 0.4) is 0 Å². The molecule has 2 rings (SSSR count). The quantitative estimate of drug-likeness (QED) is 0.644. The Hall–Kier alpha value is -0.570. The summed E-state index contributed by atoms with van der Waals surface area (Å²) in [6.07, 6.45) is 5.83. The predicted octanol–water partition coefficient (Wildman–Crippen LogP) is 1.33. The summed E-state index contributed by atoms with van der Waals surface area (Å²) in [6, 6.07) is 0.571. The van der Waals surface area contributed by atoms with E-state index in [-0.39, 0.29) is 11.9 Å². The lowest BCUT2D eigenvalue weighted by Gasteiger charge is -2.38. The van der Waals surface area contributed by atoms with E-state index in [4.69, 9.17) is 4.74 Å². The van der Waals surface area contributed by atoms with Crippen molar-refractivity contribution in [1.82, 2.24) is 5.32 Å². The Balaban J connectivity index is 1.92. The van der Waals surface area contributed by atoms with Gasteiger partial charge in [0, 0.05) is 6.04 Å². The van der Waals surface area contributed by atoms with Gasteiger partial charge in [0.25, 0.3) is 0 Å². The lowest BCUT2D eigenvalue weighted by atomic mass is 9.75. The van der Waals surface area contributed by atoms with Gasteiger partial charge in [0.2, 0.25) is 0 Å². The molecule has 0 radical (unpaired) electrons. The van der Waals surface area contributed by atoms with Gasteiger partial charge in [-0.05, 0) is 44.6 Å². The highest BCUT2D eigenvalue weighted by Gasteiger charge is 2.35. The molecule has 1 aliphatic heterocycles. The molecule has 1 heterocycles. The van der Waals surface area contributed by atoms with Crippen LogP contribution in [-0.4, -0.2) is 25.7 Å². The standard InChI is InChI=1S/C11H19NO2/c1-14-11(13)9-5-4-8-3-2-6-12-10(8)7-9/h8-10,12H,2-7H2,1H3/t8-,9-,10-/m0/s1. The van der Waals surface area contributed by atoms with Crippen molar-refractivity contribution < 1.29 is 9.53 Å². The number of nitrogens with one attached hydrogen (secondary N) is 1. The average Bonchev–Trinajstić information content (AvgIpc) is 2.27. The molecule has 0 aromatic heterocycles. The highest BCUT2D eigenvalue weighted by Crippen LogP contribution is 2.34. The second-order valence-electron chi connectivity index (χ2n) is 4.50. The van der Waals surface area contributed by atoms with Crippen molar-refractivity contribution in [1.29, 1.82) is 0 Å². The normalized spacial score (nSPS) is 37.4. The highest BCUT2D eigenvalue weighted by molar-refractivity contribution is 5.72. The Labute approximate surface area is 85.2 Å². The molecule has 3 nitrogen and oxygen atoms in total. The van der Waals surface area contributed by atoms with Gasteiger partial charge >= 0.3 is 5.97 Å². The maximum absolute atomic E-state index is 11.4. The van der Waals surface area contributed by atoms with Crippen LogP contribution in [-0.2, 0) is 9.53 Å². The molecule has 3 atom stereocenters. The molecule has 2 aliphatic rings. The highest BCUT2D eigenvalue weighted by atomic mass is 16.5. The van der Waals surface area contributed by atoms with E-state index in [0.717, 1.165) is 25.3 Å². The Bertz CT molecular complexity index is 217. The minimum absolute atomic E-state index is 0.0178. The second kappa shape index (κ2) is 4.30. The molecule has 14 heavy (non-hydrogen) atoms. The maximum Gasteiger partial charge on any atom is 0.308 e. The third-order valence-corrected chi connectivity index (χ3v) is 3.69. The fraction of sp³-hybridized carbons (Fsp3) is 0.909. The smallest absolute Gasteiger partial charge is 0.308 e. The molecule has 0 unspecified atom stereocenters. The number of piperidine rings is 1. The van der Waals surface area contributed by atoms with Crippen molar-refractivity contribution in [2.75, 3.05) is 13.7 Å². The molecular formula is C11H19NO2. The van der Waals surface area contributed by atoms with Crippen LogP contribution in [0.4, 0.5) is 0 Å². The first kappa shape index (κ1) is 9.97. The maximum atomic E-state index is 11.4. The van der Waals surface area contributed by atoms with E-state index in [1.165, 1.54) is 26.4 Å². The first-order chi connectivity index (χ1) is 6.81. The Morgan fingerprint density at radius 3 is 3.00 bits per heavy atom. The van der Waals surface area contributed by atoms with Crippen LogP contribution in [0.5, 0.6) is 0 Å². The molecule has 80 valence electrons. The van der Waals surface area contributed by atoms with E-state index in [1.54, 1.807) is 0 Å². The SMILES string of the molecule is COC(=O)[C@H]1CC[C@@H]2CCCN[C@H]2C1. The van der Waals surface area contributed by atoms with Crippen molar-refractivity contribution in [2.45, 2.75) is 38.1 Å². The van der Waals surface area contributed by atoms with Gasteiger partial charge in [-0.3, -0.25) is 4.79 Å². The summed E-state index contributed by atoms with van der Waals surface area (Å²) < 4.78 is 4.80. The van der Waals surface area contributed by atoms with E-state index in [2.05, 4.69) is 5.32 Å². The number of rotatable bonds is 1. The molecule has 0 spiro atoms. The number of methoxy groups -OCH3 is 1. The largest absolute Gasteiger partial charge is 0.469 e. The lowest BCUT2D eigenvalue weighted by Crippen LogP contribution is -2.46. The van der Waals surface area contributed by atoms with E-state index < -0.39 is 0 Å². The summed E-state index contributed by atoms with van der Waals surface area (Å²) in [6.45, 7) is 1.12. The van der Waals surface area contributed by atoms with Gasteiger partial charge in [0.05, 0.1) is 13.0 Å². The fourth-order valence-corrected chi connectivity index (χ4v) is 2.86. The zero-order chi connectivity index (χ0) is 9.97. The first-order valence-electron chi connectivity index (χ1n) is 5.62. The van der Waals surface area contributed by atoms with Crippen LogP contribution in [0.2, 0.25) is 0 Å². The summed E-state index contributed by atoms with van der Waals surface area (Å²) in [5.41, 5.74) is 0. The van der Waals surface area contributed by atoms with Crippen molar-refractivity contribution in [3.8, 4) is 0 Å². The zero-order valence-corrected chi connectivity index (χ0v) is 8.79. The van der Waals surface area contributed by atoms with Crippen molar-refractivity contribution in [3.05, 3.63) is 0 Å². The minimum Gasteiger partial charge on any atom is -0.469 e. The van der Waals surface area contributed by atoms with Gasteiger partial charge in [-0.15, -0.1) is 0 Å². The third kappa shape index (κ3) is 1.92. The van der Waals surface area contributed by atoms with Crippen molar-refractivity contribution in [2.24, 2.45) is 11.8 Å². The molecule has 1 saturated carbocycles. The van der Waals surface area contributed by atoms with Gasteiger partial charge in [-0.1, -0.05) is 0 Å². The summed E-state index contributed by atoms with van der Waals surface area (Å²) in [4.78, 5) is 11.4. The van der Waals surface area contributed by atoms with E-state index in [0.29, 0.717) is 6.04 Å². The molecule has 2 fully saturated rings. The molecule has 0 aromatic rings. The molecular weight excluding hydrogens is 178 g/mol. The van der Waals surface area contributed by atoms with E-state index in [1.807, 2.05) is 0 Å². The number of hydrogen-bond donors (Lipinski definition) is 1. The van der Waals surface area contributed by atoms with Crippen molar-refractivity contribution in [3.63, 3.8) is 0 Å². The molecule has 1 aliphatic carbocycles. The van der Waals surface area contributed by atoms with Crippen LogP contribution in [0.25, 0.3) is 0 Å². The lowest BCUT2D eigenvalue weighted by molar-refractivity contribution is -0.147. The fourth-order valence-electron chi connectivity index (χ4n) is 2.86. The van der Waals surface area contributed by atoms with Crippen LogP contribution in [0.1, 0.15) is 32.1 Å². The van der Waals surface area contributed by atoms with Gasteiger partial charge in [-0.25, -0.2) is 0 Å². The number of carbonyl (C=O) groups is 1. The summed E-state index contributed by atoms with van der Waals surface area (Å²) in [5.74, 6) is 0.937. The van der Waals surface area contributed by atoms with Gasteiger partial charge in [0.1, 0.15) is 0 Å². The Morgan fingerprint density at radius 1 is 1.36 bits per heavy atom. The van der Waals surface area contributed by atoms with Gasteiger partial charge in [-0.2, -0.15) is 0 Å². The number of ether oxygens (including phenoxy) is 1. The number of esters is 1. The van der Waals surface area contributed by atoms with E-state index in [9.17, 15) is 4.79 Å². The summed E-state index contributed by atoms with van der Waals surface area (Å²) >= 11 is 0. The van der Waals surface area contributed by atoms with Crippen molar-refractivity contribution >= 4 is 5.97 Å². The van der Waals surface area contributed by atoms with Crippen LogP contribution >= 0.6 is 0 Å². The van der Waals surface area contributed by atoms with Gasteiger partial charge < -0.3 is 10.1 Å². The topological polar surface area (TPSA) is 38.3 Å². The monoisotopic (exact) mass is 197 g/mol. The first-order valence-corrected chi connectivity index (χ1v) is 5.62. The molecule has 0 amide bonds. The zero-order valence-electron chi connectivity index (χ0n) is 8.79. The Morgan fingerprint density at radius 2 is 2.21 bits per heavy atom. The molecule has 0 bridgehead atoms. The number of carbonyl (C=O) groups excluding carboxylic acids is 1. The van der Waals surface area contributed by atoms with E-state index >= 15 is 0 Å². The molecule has 0 aromatic carbocycles. The number of fused-ring (bicyclic) bond motifs is 1. The second-order valence-corrected chi connectivity index (χ2v) is 4.50. The minimum atomic E-state index is -0.0178. The third-order valence-electron chi connectivity index (χ3n) is 3.69. The molecule has 3 heteroatoms. The number of hydrogen-bond acceptors (Lipinski definition) is 3. The summed E-state index contributed by atoms with van der Waals surface area (Å²) in [7, 11) is 1.49. The van der Waals surface area contributed by atoms with Crippen LogP contribution < -0.4 is 5.32 Å². The predicted molar refractivity (Wildman–Crippen MR) is 53.9 cm³/mol. The van der Waals surface area contributed by atoms with Crippen LogP contribution in [0.15, 0.2) is 0 Å². The van der Waals surface area contributed by atoms with Crippen LogP contribution in [0, 0.1) is 11.8 Å². The van der Waals surface area contributed by atoms with Gasteiger partial charge in [0.15, 0.2) is 0 Å². The molecule has 1 saturated heterocycles. The Kier molecular flexibility index (Phi) is 3.06. The summed E-state index contributed by atoms with van der Waals surface area (Å²) in [5, 5.41) is 3.52. The molecule has 1 N–H and O–H groups in total. The average molecular weight is 197 g/mol.